The van der Waals surface area contributed by atoms with Gasteiger partial charge in [-0.2, -0.15) is 0 Å². The Balaban J connectivity index is 2.03. The van der Waals surface area contributed by atoms with E-state index in [1.165, 1.54) is 0 Å². The van der Waals surface area contributed by atoms with Crippen LogP contribution in [0, 0.1) is 0 Å². The number of hydrogen-bond acceptors (Lipinski definition) is 2. The highest BCUT2D eigenvalue weighted by Gasteiger charge is 2.29. The highest BCUT2D eigenvalue weighted by atomic mass is 32.1. The van der Waals surface area contributed by atoms with E-state index in [0.29, 0.717) is 17.4 Å². The highest BCUT2D eigenvalue weighted by Crippen LogP contribution is 2.11. The first-order valence-corrected chi connectivity index (χ1v) is 7.19. The summed E-state index contributed by atoms with van der Waals surface area (Å²) in [5.41, 5.74) is 1.64. The summed E-state index contributed by atoms with van der Waals surface area (Å²) in [7, 11) is 0. The van der Waals surface area contributed by atoms with Gasteiger partial charge in [-0.05, 0) is 30.3 Å². The van der Waals surface area contributed by atoms with E-state index in [-0.39, 0.29) is 5.91 Å². The Morgan fingerprint density at radius 2 is 2.05 bits per heavy atom. The third-order valence-electron chi connectivity index (χ3n) is 3.05. The predicted molar refractivity (Wildman–Crippen MR) is 85.9 cm³/mol. The van der Waals surface area contributed by atoms with Gasteiger partial charge in [0.05, 0.1) is 0 Å². The van der Waals surface area contributed by atoms with E-state index in [9.17, 15) is 4.79 Å². The van der Waals surface area contributed by atoms with Gasteiger partial charge in [0.15, 0.2) is 5.11 Å². The maximum atomic E-state index is 12.1. The van der Waals surface area contributed by atoms with E-state index in [0.717, 1.165) is 18.4 Å². The fraction of sp³-hybridized carbons (Fsp3) is 0.250. The predicted octanol–water partition coefficient (Wildman–Crippen LogP) is 3.10. The molecule has 1 fully saturated rings. The third-order valence-corrected chi connectivity index (χ3v) is 3.37. The minimum atomic E-state index is -0.0406. The van der Waals surface area contributed by atoms with Crippen LogP contribution in [-0.4, -0.2) is 22.5 Å². The zero-order valence-corrected chi connectivity index (χ0v) is 12.3. The van der Waals surface area contributed by atoms with Crippen molar-refractivity contribution < 1.29 is 4.79 Å². The molecule has 1 aliphatic rings. The van der Waals surface area contributed by atoms with Crippen LogP contribution in [0.15, 0.2) is 48.2 Å². The van der Waals surface area contributed by atoms with E-state index < -0.39 is 0 Å². The quantitative estimate of drug-likeness (QED) is 0.667. The SMILES string of the molecule is CCCCN1C(=O)/C(=C/C=C/c2ccccc2)NC1=S. The van der Waals surface area contributed by atoms with Crippen molar-refractivity contribution in [2.24, 2.45) is 0 Å². The first-order valence-electron chi connectivity index (χ1n) is 6.78. The lowest BCUT2D eigenvalue weighted by Crippen LogP contribution is -2.31. The minimum Gasteiger partial charge on any atom is -0.328 e. The summed E-state index contributed by atoms with van der Waals surface area (Å²) >= 11 is 5.18. The number of nitrogens with zero attached hydrogens (tertiary/aromatic N) is 1. The summed E-state index contributed by atoms with van der Waals surface area (Å²) in [5.74, 6) is -0.0406. The molecule has 0 spiro atoms. The Labute approximate surface area is 125 Å². The summed E-state index contributed by atoms with van der Waals surface area (Å²) in [5, 5.41) is 3.47. The lowest BCUT2D eigenvalue weighted by Gasteiger charge is -2.12. The first-order chi connectivity index (χ1) is 9.72. The minimum absolute atomic E-state index is 0.0406. The average Bonchev–Trinajstić information content (AvgIpc) is 2.73. The van der Waals surface area contributed by atoms with Gasteiger partial charge in [-0.3, -0.25) is 9.69 Å². The van der Waals surface area contributed by atoms with Crippen LogP contribution in [0.3, 0.4) is 0 Å². The molecule has 1 saturated heterocycles. The van der Waals surface area contributed by atoms with Gasteiger partial charge in [0, 0.05) is 6.54 Å². The van der Waals surface area contributed by atoms with Crippen LogP contribution >= 0.6 is 12.2 Å². The number of carbonyl (C=O) groups is 1. The molecule has 1 aromatic carbocycles. The van der Waals surface area contributed by atoms with E-state index in [4.69, 9.17) is 12.2 Å². The molecule has 0 radical (unpaired) electrons. The zero-order chi connectivity index (χ0) is 14.4. The van der Waals surface area contributed by atoms with Crippen LogP contribution in [0.1, 0.15) is 25.3 Å². The van der Waals surface area contributed by atoms with Crippen LogP contribution < -0.4 is 5.32 Å². The summed E-state index contributed by atoms with van der Waals surface area (Å²) in [6.45, 7) is 2.78. The van der Waals surface area contributed by atoms with Gasteiger partial charge < -0.3 is 5.32 Å². The Morgan fingerprint density at radius 3 is 2.75 bits per heavy atom. The van der Waals surface area contributed by atoms with Crippen molar-refractivity contribution in [2.75, 3.05) is 6.54 Å². The molecule has 0 aromatic heterocycles. The smallest absolute Gasteiger partial charge is 0.276 e. The number of unbranched alkanes of at least 4 members (excludes halogenated alkanes) is 1. The number of rotatable bonds is 5. The van der Waals surface area contributed by atoms with Crippen molar-refractivity contribution in [3.05, 3.63) is 53.7 Å². The van der Waals surface area contributed by atoms with Crippen LogP contribution in [0.2, 0.25) is 0 Å². The second-order valence-electron chi connectivity index (χ2n) is 4.59. The molecule has 20 heavy (non-hydrogen) atoms. The number of amides is 1. The molecule has 0 atom stereocenters. The fourth-order valence-corrected chi connectivity index (χ4v) is 2.21. The van der Waals surface area contributed by atoms with Crippen LogP contribution in [-0.2, 0) is 4.79 Å². The van der Waals surface area contributed by atoms with Crippen molar-refractivity contribution >= 4 is 29.3 Å². The normalized spacial score (nSPS) is 17.2. The largest absolute Gasteiger partial charge is 0.328 e. The maximum absolute atomic E-state index is 12.1. The van der Waals surface area contributed by atoms with Gasteiger partial charge in [0.25, 0.3) is 5.91 Å². The van der Waals surface area contributed by atoms with Crippen LogP contribution in [0.25, 0.3) is 6.08 Å². The van der Waals surface area contributed by atoms with Crippen LogP contribution in [0.5, 0.6) is 0 Å². The Hall–Kier alpha value is -1.94. The molecule has 1 N–H and O–H groups in total. The molecule has 0 aliphatic carbocycles. The fourth-order valence-electron chi connectivity index (χ4n) is 1.93. The van der Waals surface area contributed by atoms with E-state index in [2.05, 4.69) is 12.2 Å². The number of carbonyl (C=O) groups excluding carboxylic acids is 1. The molecule has 1 aliphatic heterocycles. The van der Waals surface area contributed by atoms with E-state index in [1.54, 1.807) is 11.0 Å². The average molecular weight is 286 g/mol. The summed E-state index contributed by atoms with van der Waals surface area (Å²) < 4.78 is 0. The lowest BCUT2D eigenvalue weighted by atomic mass is 10.2. The summed E-state index contributed by atoms with van der Waals surface area (Å²) in [6, 6.07) is 9.96. The monoisotopic (exact) mass is 286 g/mol. The molecule has 2 rings (SSSR count). The molecule has 4 heteroatoms. The van der Waals surface area contributed by atoms with Gasteiger partial charge >= 0.3 is 0 Å². The molecule has 0 saturated carbocycles. The summed E-state index contributed by atoms with van der Waals surface area (Å²) in [4.78, 5) is 13.8. The Bertz CT molecular complexity index is 549. The molecule has 0 unspecified atom stereocenters. The van der Waals surface area contributed by atoms with Crippen molar-refractivity contribution in [2.45, 2.75) is 19.8 Å². The topological polar surface area (TPSA) is 32.3 Å². The number of benzene rings is 1. The van der Waals surface area contributed by atoms with Crippen molar-refractivity contribution in [1.82, 2.24) is 10.2 Å². The Morgan fingerprint density at radius 1 is 1.30 bits per heavy atom. The first kappa shape index (κ1) is 14.5. The van der Waals surface area contributed by atoms with Gasteiger partial charge in [0.1, 0.15) is 5.70 Å². The van der Waals surface area contributed by atoms with Gasteiger partial charge in [0.2, 0.25) is 0 Å². The molecular weight excluding hydrogens is 268 g/mol. The molecule has 1 amide bonds. The second kappa shape index (κ2) is 7.01. The number of hydrogen-bond donors (Lipinski definition) is 1. The zero-order valence-electron chi connectivity index (χ0n) is 11.5. The van der Waals surface area contributed by atoms with Gasteiger partial charge in [-0.25, -0.2) is 0 Å². The number of nitrogens with one attached hydrogen (secondary N) is 1. The molecular formula is C16H18N2OS. The lowest BCUT2D eigenvalue weighted by molar-refractivity contribution is -0.122. The second-order valence-corrected chi connectivity index (χ2v) is 4.98. The Kier molecular flexibility index (Phi) is 5.07. The molecule has 104 valence electrons. The molecule has 1 heterocycles. The highest BCUT2D eigenvalue weighted by molar-refractivity contribution is 7.80. The summed E-state index contributed by atoms with van der Waals surface area (Å²) in [6.07, 6.45) is 7.59. The van der Waals surface area contributed by atoms with Gasteiger partial charge in [-0.15, -0.1) is 0 Å². The molecule has 0 bridgehead atoms. The van der Waals surface area contributed by atoms with E-state index >= 15 is 0 Å². The molecule has 1 aromatic rings. The van der Waals surface area contributed by atoms with E-state index in [1.807, 2.05) is 42.5 Å². The van der Waals surface area contributed by atoms with Crippen molar-refractivity contribution in [3.8, 4) is 0 Å². The van der Waals surface area contributed by atoms with Crippen molar-refractivity contribution in [1.29, 1.82) is 0 Å². The molecule has 3 nitrogen and oxygen atoms in total. The maximum Gasteiger partial charge on any atom is 0.276 e. The number of thiocarbonyl (C=S) groups is 1. The van der Waals surface area contributed by atoms with Crippen LogP contribution in [0.4, 0.5) is 0 Å². The van der Waals surface area contributed by atoms with Crippen molar-refractivity contribution in [3.63, 3.8) is 0 Å². The standard InChI is InChI=1S/C16H18N2OS/c1-2-3-12-18-15(19)14(17-16(18)20)11-7-10-13-8-5-4-6-9-13/h4-11H,2-3,12H2,1H3,(H,17,20)/b10-7+,14-11-. The van der Waals surface area contributed by atoms with Gasteiger partial charge in [-0.1, -0.05) is 55.8 Å². The number of allylic oxidation sites excluding steroid dienone is 2. The third kappa shape index (κ3) is 3.54.